The molecule has 1 saturated heterocycles. The lowest BCUT2D eigenvalue weighted by molar-refractivity contribution is 0.122. The molecule has 3 heteroatoms. The van der Waals surface area contributed by atoms with Crippen molar-refractivity contribution in [3.63, 3.8) is 0 Å². The van der Waals surface area contributed by atoms with Gasteiger partial charge in [-0.1, -0.05) is 20.8 Å². The molecule has 1 unspecified atom stereocenters. The Labute approximate surface area is 119 Å². The molecule has 0 spiro atoms. The van der Waals surface area contributed by atoms with Crippen molar-refractivity contribution >= 4 is 0 Å². The molecular weight excluding hydrogens is 234 g/mol. The van der Waals surface area contributed by atoms with Crippen LogP contribution in [0.2, 0.25) is 0 Å². The van der Waals surface area contributed by atoms with Crippen molar-refractivity contribution in [3.8, 4) is 0 Å². The number of hydrogen-bond donors (Lipinski definition) is 1. The molecule has 1 aliphatic heterocycles. The SMILES string of the molecule is CCC1CN(C)CCCN1CC(C)(C)CNC1CC1. The van der Waals surface area contributed by atoms with Crippen molar-refractivity contribution in [1.29, 1.82) is 0 Å². The molecule has 1 N–H and O–H groups in total. The van der Waals surface area contributed by atoms with Crippen LogP contribution in [0, 0.1) is 5.41 Å². The molecule has 0 amide bonds. The molecule has 0 aromatic heterocycles. The summed E-state index contributed by atoms with van der Waals surface area (Å²) in [4.78, 5) is 5.25. The summed E-state index contributed by atoms with van der Waals surface area (Å²) < 4.78 is 0. The van der Waals surface area contributed by atoms with E-state index in [1.165, 1.54) is 58.4 Å². The number of nitrogens with one attached hydrogen (secondary N) is 1. The lowest BCUT2D eigenvalue weighted by Crippen LogP contribution is -2.47. The minimum atomic E-state index is 0.388. The van der Waals surface area contributed by atoms with E-state index in [9.17, 15) is 0 Å². The molecule has 0 aromatic carbocycles. The number of likely N-dealkylation sites (N-methyl/N-ethyl adjacent to an activating group) is 1. The van der Waals surface area contributed by atoms with Crippen molar-refractivity contribution in [3.05, 3.63) is 0 Å². The molecular formula is C16H33N3. The first-order valence-electron chi connectivity index (χ1n) is 8.16. The minimum absolute atomic E-state index is 0.388. The van der Waals surface area contributed by atoms with Crippen LogP contribution in [0.15, 0.2) is 0 Å². The highest BCUT2D eigenvalue weighted by Crippen LogP contribution is 2.24. The predicted octanol–water partition coefficient (Wildman–Crippen LogP) is 2.18. The number of nitrogens with zero attached hydrogens (tertiary/aromatic N) is 2. The van der Waals surface area contributed by atoms with Gasteiger partial charge in [-0.3, -0.25) is 4.90 Å². The van der Waals surface area contributed by atoms with Crippen LogP contribution < -0.4 is 5.32 Å². The normalized spacial score (nSPS) is 27.5. The van der Waals surface area contributed by atoms with E-state index in [0.717, 1.165) is 12.1 Å². The van der Waals surface area contributed by atoms with Crippen LogP contribution in [0.5, 0.6) is 0 Å². The molecule has 1 heterocycles. The minimum Gasteiger partial charge on any atom is -0.313 e. The fourth-order valence-electron chi connectivity index (χ4n) is 3.20. The second kappa shape index (κ2) is 6.55. The summed E-state index contributed by atoms with van der Waals surface area (Å²) in [7, 11) is 2.27. The number of hydrogen-bond acceptors (Lipinski definition) is 3. The summed E-state index contributed by atoms with van der Waals surface area (Å²) in [6.45, 7) is 13.4. The average Bonchev–Trinajstić information content (AvgIpc) is 3.16. The van der Waals surface area contributed by atoms with Gasteiger partial charge in [-0.2, -0.15) is 0 Å². The van der Waals surface area contributed by atoms with Crippen LogP contribution in [0.25, 0.3) is 0 Å². The van der Waals surface area contributed by atoms with E-state index >= 15 is 0 Å². The van der Waals surface area contributed by atoms with Crippen molar-refractivity contribution in [2.45, 2.75) is 58.5 Å². The molecule has 2 rings (SSSR count). The maximum atomic E-state index is 3.71. The average molecular weight is 267 g/mol. The van der Waals surface area contributed by atoms with Gasteiger partial charge in [0, 0.05) is 31.7 Å². The van der Waals surface area contributed by atoms with Crippen molar-refractivity contribution in [1.82, 2.24) is 15.1 Å². The summed E-state index contributed by atoms with van der Waals surface area (Å²) in [5.41, 5.74) is 0.388. The van der Waals surface area contributed by atoms with E-state index in [1.54, 1.807) is 0 Å². The molecule has 2 aliphatic rings. The molecule has 19 heavy (non-hydrogen) atoms. The van der Waals surface area contributed by atoms with Crippen LogP contribution in [0.1, 0.15) is 46.5 Å². The highest BCUT2D eigenvalue weighted by molar-refractivity contribution is 4.87. The zero-order chi connectivity index (χ0) is 13.9. The van der Waals surface area contributed by atoms with Crippen LogP contribution in [0.4, 0.5) is 0 Å². The van der Waals surface area contributed by atoms with Crippen LogP contribution in [-0.4, -0.2) is 61.7 Å². The molecule has 1 atom stereocenters. The Hall–Kier alpha value is -0.120. The molecule has 0 radical (unpaired) electrons. The van der Waals surface area contributed by atoms with Gasteiger partial charge in [0.1, 0.15) is 0 Å². The molecule has 1 aliphatic carbocycles. The summed E-state index contributed by atoms with van der Waals surface area (Å²) >= 11 is 0. The van der Waals surface area contributed by atoms with E-state index in [-0.39, 0.29) is 0 Å². The third-order valence-corrected chi connectivity index (χ3v) is 4.57. The van der Waals surface area contributed by atoms with Crippen molar-refractivity contribution in [2.75, 3.05) is 39.8 Å². The van der Waals surface area contributed by atoms with E-state index in [1.807, 2.05) is 0 Å². The summed E-state index contributed by atoms with van der Waals surface area (Å²) in [6.07, 6.45) is 5.37. The predicted molar refractivity (Wildman–Crippen MR) is 82.6 cm³/mol. The van der Waals surface area contributed by atoms with Gasteiger partial charge in [-0.25, -0.2) is 0 Å². The van der Waals surface area contributed by atoms with Gasteiger partial charge in [-0.05, 0) is 51.2 Å². The second-order valence-corrected chi connectivity index (χ2v) is 7.47. The maximum Gasteiger partial charge on any atom is 0.0220 e. The Bertz CT molecular complexity index is 273. The van der Waals surface area contributed by atoms with E-state index in [0.29, 0.717) is 5.41 Å². The standard InChI is InChI=1S/C16H33N3/c1-5-15-11-18(4)9-6-10-19(15)13-16(2,3)12-17-14-7-8-14/h14-15,17H,5-13H2,1-4H3. The largest absolute Gasteiger partial charge is 0.313 e. The molecule has 112 valence electrons. The van der Waals surface area contributed by atoms with Crippen LogP contribution in [0.3, 0.4) is 0 Å². The maximum absolute atomic E-state index is 3.71. The topological polar surface area (TPSA) is 18.5 Å². The molecule has 2 fully saturated rings. The van der Waals surface area contributed by atoms with Gasteiger partial charge in [0.2, 0.25) is 0 Å². The molecule has 3 nitrogen and oxygen atoms in total. The Morgan fingerprint density at radius 3 is 2.58 bits per heavy atom. The zero-order valence-corrected chi connectivity index (χ0v) is 13.4. The van der Waals surface area contributed by atoms with Gasteiger partial charge in [0.05, 0.1) is 0 Å². The molecule has 0 bridgehead atoms. The van der Waals surface area contributed by atoms with Crippen LogP contribution >= 0.6 is 0 Å². The lowest BCUT2D eigenvalue weighted by atomic mass is 9.91. The summed E-state index contributed by atoms with van der Waals surface area (Å²) in [5.74, 6) is 0. The molecule has 0 aromatic rings. The highest BCUT2D eigenvalue weighted by Gasteiger charge is 2.30. The molecule has 1 saturated carbocycles. The lowest BCUT2D eigenvalue weighted by Gasteiger charge is -2.37. The third kappa shape index (κ3) is 5.05. The fraction of sp³-hybridized carbons (Fsp3) is 1.00. The zero-order valence-electron chi connectivity index (χ0n) is 13.4. The Kier molecular flexibility index (Phi) is 5.27. The van der Waals surface area contributed by atoms with Crippen molar-refractivity contribution < 1.29 is 0 Å². The summed E-state index contributed by atoms with van der Waals surface area (Å²) in [5, 5.41) is 3.71. The van der Waals surface area contributed by atoms with Crippen LogP contribution in [-0.2, 0) is 0 Å². The first-order chi connectivity index (χ1) is 9.00. The van der Waals surface area contributed by atoms with E-state index in [4.69, 9.17) is 0 Å². The van der Waals surface area contributed by atoms with E-state index < -0.39 is 0 Å². The monoisotopic (exact) mass is 267 g/mol. The second-order valence-electron chi connectivity index (χ2n) is 7.47. The Balaban J connectivity index is 1.86. The first-order valence-corrected chi connectivity index (χ1v) is 8.16. The smallest absolute Gasteiger partial charge is 0.0220 e. The highest BCUT2D eigenvalue weighted by atomic mass is 15.2. The van der Waals surface area contributed by atoms with Gasteiger partial charge in [0.25, 0.3) is 0 Å². The van der Waals surface area contributed by atoms with Gasteiger partial charge in [-0.15, -0.1) is 0 Å². The van der Waals surface area contributed by atoms with Gasteiger partial charge >= 0.3 is 0 Å². The third-order valence-electron chi connectivity index (χ3n) is 4.57. The Morgan fingerprint density at radius 2 is 1.95 bits per heavy atom. The van der Waals surface area contributed by atoms with Crippen molar-refractivity contribution in [2.24, 2.45) is 5.41 Å². The number of rotatable bonds is 6. The Morgan fingerprint density at radius 1 is 1.21 bits per heavy atom. The fourth-order valence-corrected chi connectivity index (χ4v) is 3.20. The van der Waals surface area contributed by atoms with Gasteiger partial charge < -0.3 is 10.2 Å². The quantitative estimate of drug-likeness (QED) is 0.796. The first kappa shape index (κ1) is 15.3. The van der Waals surface area contributed by atoms with E-state index in [2.05, 4.69) is 42.9 Å². The van der Waals surface area contributed by atoms with Gasteiger partial charge in [0.15, 0.2) is 0 Å². The summed E-state index contributed by atoms with van der Waals surface area (Å²) in [6, 6.07) is 1.57.